The Kier molecular flexibility index (Phi) is 40.6. The van der Waals surface area contributed by atoms with Crippen LogP contribution in [0.4, 0.5) is 0 Å². The first-order chi connectivity index (χ1) is 23.2. The molecule has 0 saturated heterocycles. The quantitative estimate of drug-likeness (QED) is 0.0372. The summed E-state index contributed by atoms with van der Waals surface area (Å²) in [5, 5.41) is 0. The second-order valence-electron chi connectivity index (χ2n) is 15.1. The van der Waals surface area contributed by atoms with Gasteiger partial charge in [-0.05, 0) is 12.8 Å². The molecule has 0 fully saturated rings. The first kappa shape index (κ1) is 46.1. The minimum absolute atomic E-state index is 0.320. The van der Waals surface area contributed by atoms with E-state index in [1.807, 2.05) is 0 Å². The lowest BCUT2D eigenvalue weighted by molar-refractivity contribution is -0.159. The normalized spacial score (nSPS) is 11.4. The van der Waals surface area contributed by atoms with Crippen molar-refractivity contribution < 1.29 is 14.3 Å². The summed E-state index contributed by atoms with van der Waals surface area (Å²) in [6.45, 7) is 4.58. The maximum absolute atomic E-state index is 12.0. The lowest BCUT2D eigenvalue weighted by Crippen LogP contribution is -2.11. The molecule has 0 bridgehead atoms. The number of esters is 2. The summed E-state index contributed by atoms with van der Waals surface area (Å²) in [7, 11) is 0. The molecule has 0 unspecified atom stereocenters. The van der Waals surface area contributed by atoms with Crippen molar-refractivity contribution in [3.63, 3.8) is 0 Å². The molecule has 280 valence electrons. The van der Waals surface area contributed by atoms with Crippen LogP contribution in [0.25, 0.3) is 0 Å². The molecule has 0 aliphatic rings. The minimum Gasteiger partial charge on any atom is -0.393 e. The van der Waals surface area contributed by atoms with Crippen LogP contribution in [0.2, 0.25) is 0 Å². The van der Waals surface area contributed by atoms with Gasteiger partial charge in [0.25, 0.3) is 0 Å². The molecular formula is C44H86O3. The van der Waals surface area contributed by atoms with E-state index in [1.165, 1.54) is 218 Å². The van der Waals surface area contributed by atoms with Crippen LogP contribution in [0, 0.1) is 0 Å². The zero-order valence-corrected chi connectivity index (χ0v) is 32.5. The van der Waals surface area contributed by atoms with Crippen LogP contribution in [0.3, 0.4) is 0 Å². The van der Waals surface area contributed by atoms with E-state index < -0.39 is 0 Å². The van der Waals surface area contributed by atoms with Gasteiger partial charge in [-0.3, -0.25) is 9.59 Å². The molecule has 0 heterocycles. The van der Waals surface area contributed by atoms with E-state index in [1.54, 1.807) is 0 Å². The van der Waals surface area contributed by atoms with Crippen molar-refractivity contribution >= 4 is 11.9 Å². The monoisotopic (exact) mass is 663 g/mol. The molecule has 3 heteroatoms. The number of rotatable bonds is 40. The molecule has 0 aromatic carbocycles. The third kappa shape index (κ3) is 41.2. The smallest absolute Gasteiger partial charge is 0.313 e. The van der Waals surface area contributed by atoms with Gasteiger partial charge in [0.2, 0.25) is 0 Å². The highest BCUT2D eigenvalue weighted by Crippen LogP contribution is 2.17. The second kappa shape index (κ2) is 41.3. The van der Waals surface area contributed by atoms with Gasteiger partial charge < -0.3 is 4.74 Å². The van der Waals surface area contributed by atoms with Crippen LogP contribution in [0.1, 0.15) is 271 Å². The van der Waals surface area contributed by atoms with E-state index in [0.29, 0.717) is 12.8 Å². The molecule has 0 amide bonds. The molecule has 0 rings (SSSR count). The Hall–Kier alpha value is -0.860. The fourth-order valence-electron chi connectivity index (χ4n) is 6.92. The van der Waals surface area contributed by atoms with Crippen LogP contribution < -0.4 is 0 Å². The van der Waals surface area contributed by atoms with E-state index >= 15 is 0 Å². The Bertz CT molecular complexity index is 615. The van der Waals surface area contributed by atoms with Gasteiger partial charge in [-0.15, -0.1) is 0 Å². The fourth-order valence-corrected chi connectivity index (χ4v) is 6.92. The summed E-state index contributed by atoms with van der Waals surface area (Å²) in [6, 6.07) is 0. The van der Waals surface area contributed by atoms with E-state index in [0.717, 1.165) is 25.7 Å². The Labute approximate surface area is 296 Å². The molecule has 0 aromatic rings. The largest absolute Gasteiger partial charge is 0.393 e. The van der Waals surface area contributed by atoms with Crippen molar-refractivity contribution in [2.45, 2.75) is 271 Å². The van der Waals surface area contributed by atoms with E-state index in [4.69, 9.17) is 4.74 Å². The first-order valence-corrected chi connectivity index (χ1v) is 21.9. The van der Waals surface area contributed by atoms with Crippen molar-refractivity contribution in [2.75, 3.05) is 0 Å². The highest BCUT2D eigenvalue weighted by Gasteiger charge is 2.10. The first-order valence-electron chi connectivity index (χ1n) is 21.9. The number of ether oxygens (including phenoxy) is 1. The number of hydrogen-bond donors (Lipinski definition) is 0. The summed E-state index contributed by atoms with van der Waals surface area (Å²) >= 11 is 0. The highest BCUT2D eigenvalue weighted by molar-refractivity contribution is 5.85. The van der Waals surface area contributed by atoms with Crippen molar-refractivity contribution in [1.82, 2.24) is 0 Å². The number of carbonyl (C=O) groups is 2. The van der Waals surface area contributed by atoms with Crippen LogP contribution in [-0.4, -0.2) is 11.9 Å². The summed E-state index contributed by atoms with van der Waals surface area (Å²) in [6.07, 6.45) is 51.9. The van der Waals surface area contributed by atoms with Gasteiger partial charge in [0.15, 0.2) is 0 Å². The molecule has 0 saturated carbocycles. The molecular weight excluding hydrogens is 576 g/mol. The van der Waals surface area contributed by atoms with Crippen molar-refractivity contribution in [3.05, 3.63) is 0 Å². The lowest BCUT2D eigenvalue weighted by Gasteiger charge is -2.05. The second-order valence-corrected chi connectivity index (χ2v) is 15.1. The molecule has 0 spiro atoms. The average molecular weight is 663 g/mol. The number of hydrogen-bond acceptors (Lipinski definition) is 3. The average Bonchev–Trinajstić information content (AvgIpc) is 3.06. The predicted molar refractivity (Wildman–Crippen MR) is 207 cm³/mol. The lowest BCUT2D eigenvalue weighted by atomic mass is 10.0. The van der Waals surface area contributed by atoms with Gasteiger partial charge in [0.1, 0.15) is 0 Å². The van der Waals surface area contributed by atoms with Gasteiger partial charge in [0, 0.05) is 12.8 Å². The summed E-state index contributed by atoms with van der Waals surface area (Å²) in [5.41, 5.74) is 0. The summed E-state index contributed by atoms with van der Waals surface area (Å²) in [5.74, 6) is -0.640. The van der Waals surface area contributed by atoms with Gasteiger partial charge in [-0.2, -0.15) is 0 Å². The summed E-state index contributed by atoms with van der Waals surface area (Å²) < 4.78 is 5.05. The number of unbranched alkanes of at least 4 members (excludes halogenated alkanes) is 36. The standard InChI is InChI=1S/C44H86O3/c1-3-5-7-9-11-13-15-17-19-21-22-23-24-26-28-30-32-34-36-38-40-42-44(46)47-43(45)41-39-37-35-33-31-29-27-25-20-18-16-14-12-10-8-6-4-2/h3-42H2,1-2H3. The third-order valence-electron chi connectivity index (χ3n) is 10.2. The Morgan fingerprint density at radius 3 is 0.574 bits per heavy atom. The summed E-state index contributed by atoms with van der Waals surface area (Å²) in [4.78, 5) is 24.0. The van der Waals surface area contributed by atoms with E-state index in [9.17, 15) is 9.59 Å². The molecule has 0 N–H and O–H groups in total. The third-order valence-corrected chi connectivity index (χ3v) is 10.2. The van der Waals surface area contributed by atoms with Crippen LogP contribution in [0.15, 0.2) is 0 Å². The Morgan fingerprint density at radius 1 is 0.255 bits per heavy atom. The van der Waals surface area contributed by atoms with Gasteiger partial charge >= 0.3 is 11.9 Å². The SMILES string of the molecule is CCCCCCCCCCCCCCCCCCCCCCCC(=O)OC(=O)CCCCCCCCCCCCCCCCCCC. The van der Waals surface area contributed by atoms with Gasteiger partial charge in [-0.1, -0.05) is 245 Å². The Balaban J connectivity index is 3.25. The molecule has 0 radical (unpaired) electrons. The van der Waals surface area contributed by atoms with Gasteiger partial charge in [0.05, 0.1) is 0 Å². The zero-order valence-electron chi connectivity index (χ0n) is 32.5. The maximum atomic E-state index is 12.0. The molecule has 0 aliphatic heterocycles. The highest BCUT2D eigenvalue weighted by atomic mass is 16.6. The molecule has 47 heavy (non-hydrogen) atoms. The Morgan fingerprint density at radius 2 is 0.404 bits per heavy atom. The van der Waals surface area contributed by atoms with Gasteiger partial charge in [-0.25, -0.2) is 0 Å². The predicted octanol–water partition coefficient (Wildman–Crippen LogP) is 15.7. The fraction of sp³-hybridized carbons (Fsp3) is 0.955. The van der Waals surface area contributed by atoms with Crippen LogP contribution >= 0.6 is 0 Å². The maximum Gasteiger partial charge on any atom is 0.313 e. The van der Waals surface area contributed by atoms with Crippen LogP contribution in [-0.2, 0) is 14.3 Å². The van der Waals surface area contributed by atoms with Crippen molar-refractivity contribution in [1.29, 1.82) is 0 Å². The molecule has 0 atom stereocenters. The molecule has 0 aromatic heterocycles. The van der Waals surface area contributed by atoms with E-state index in [-0.39, 0.29) is 11.9 Å². The zero-order chi connectivity index (χ0) is 34.1. The number of carbonyl (C=O) groups excluding carboxylic acids is 2. The molecule has 3 nitrogen and oxygen atoms in total. The molecule has 0 aliphatic carbocycles. The van der Waals surface area contributed by atoms with Crippen molar-refractivity contribution in [2.24, 2.45) is 0 Å². The van der Waals surface area contributed by atoms with Crippen LogP contribution in [0.5, 0.6) is 0 Å². The minimum atomic E-state index is -0.320. The van der Waals surface area contributed by atoms with E-state index in [2.05, 4.69) is 13.8 Å². The topological polar surface area (TPSA) is 43.4 Å². The van der Waals surface area contributed by atoms with Crippen molar-refractivity contribution in [3.8, 4) is 0 Å².